The van der Waals surface area contributed by atoms with Crippen molar-refractivity contribution in [3.63, 3.8) is 0 Å². The Bertz CT molecular complexity index is 451. The smallest absolute Gasteiger partial charge is 0.422 e. The molecule has 1 unspecified atom stereocenters. The summed E-state index contributed by atoms with van der Waals surface area (Å²) in [4.78, 5) is 0. The normalized spacial score (nSPS) is 31.1. The van der Waals surface area contributed by atoms with E-state index in [1.165, 1.54) is 0 Å². The predicted molar refractivity (Wildman–Crippen MR) is 59.7 cm³/mol. The topological polar surface area (TPSA) is 57.4 Å². The van der Waals surface area contributed by atoms with Gasteiger partial charge in [-0.25, -0.2) is 0 Å². The number of alkyl halides is 3. The molecule has 2 heterocycles. The average Bonchev–Trinajstić information content (AvgIpc) is 2.82. The van der Waals surface area contributed by atoms with Gasteiger partial charge in [0.2, 0.25) is 11.8 Å². The number of aromatic nitrogens is 2. The lowest BCUT2D eigenvalue weighted by molar-refractivity contribution is -0.352. The van der Waals surface area contributed by atoms with Gasteiger partial charge in [-0.15, -0.1) is 23.4 Å². The molecule has 0 N–H and O–H groups in total. The second-order valence-corrected chi connectivity index (χ2v) is 5.19. The Hall–Kier alpha value is -1.15. The van der Waals surface area contributed by atoms with Crippen LogP contribution in [0, 0.1) is 0 Å². The number of nitrogens with zero attached hydrogens (tertiary/aromatic N) is 2. The van der Waals surface area contributed by atoms with Crippen LogP contribution in [0.15, 0.2) is 4.42 Å². The van der Waals surface area contributed by atoms with Crippen LogP contribution >= 0.6 is 0 Å². The van der Waals surface area contributed by atoms with Crippen LogP contribution in [0.3, 0.4) is 0 Å². The summed E-state index contributed by atoms with van der Waals surface area (Å²) < 4.78 is 51.0. The van der Waals surface area contributed by atoms with Gasteiger partial charge in [0.25, 0.3) is 0 Å². The number of ether oxygens (including phenoxy) is 2. The van der Waals surface area contributed by atoms with Crippen LogP contribution in [-0.2, 0) is 9.47 Å². The van der Waals surface area contributed by atoms with Crippen molar-refractivity contribution in [1.29, 1.82) is 0 Å². The molecule has 0 amide bonds. The molecule has 1 atom stereocenters. The lowest BCUT2D eigenvalue weighted by Gasteiger charge is -2.32. The second kappa shape index (κ2) is 5.33. The summed E-state index contributed by atoms with van der Waals surface area (Å²) in [5.74, 6) is 0.670. The first-order valence-corrected chi connectivity index (χ1v) is 6.71. The molecule has 2 aliphatic rings. The minimum atomic E-state index is -4.58. The van der Waals surface area contributed by atoms with E-state index < -0.39 is 12.5 Å². The van der Waals surface area contributed by atoms with E-state index in [4.69, 9.17) is 9.15 Å². The number of halogens is 3. The van der Waals surface area contributed by atoms with Crippen LogP contribution in [0.4, 0.5) is 13.2 Å². The summed E-state index contributed by atoms with van der Waals surface area (Å²) in [6, 6.07) is 0. The number of rotatable bonds is 3. The van der Waals surface area contributed by atoms with Crippen LogP contribution in [0.25, 0.3) is 0 Å². The standard InChI is InChI=1S/C12H15F3N2O3/c13-12(14,15)20-8-5-7(6-8)10-16-17-11(19-10)9-3-1-2-4-18-9/h7-9H,1-6H2/t7-,8+,9?. The van der Waals surface area contributed by atoms with Crippen molar-refractivity contribution in [3.8, 4) is 0 Å². The molecule has 2 fully saturated rings. The van der Waals surface area contributed by atoms with E-state index in [9.17, 15) is 13.2 Å². The van der Waals surface area contributed by atoms with Gasteiger partial charge in [0.1, 0.15) is 6.10 Å². The van der Waals surface area contributed by atoms with Crippen molar-refractivity contribution in [3.05, 3.63) is 11.8 Å². The molecule has 1 aliphatic heterocycles. The van der Waals surface area contributed by atoms with E-state index in [1.807, 2.05) is 0 Å². The van der Waals surface area contributed by atoms with Gasteiger partial charge in [-0.1, -0.05) is 0 Å². The first-order valence-electron chi connectivity index (χ1n) is 6.71. The minimum Gasteiger partial charge on any atom is -0.422 e. The van der Waals surface area contributed by atoms with Gasteiger partial charge in [-0.3, -0.25) is 4.74 Å². The third kappa shape index (κ3) is 3.12. The Morgan fingerprint density at radius 1 is 1.10 bits per heavy atom. The zero-order valence-electron chi connectivity index (χ0n) is 10.7. The molecule has 1 aromatic heterocycles. The Morgan fingerprint density at radius 3 is 2.50 bits per heavy atom. The second-order valence-electron chi connectivity index (χ2n) is 5.19. The molecule has 0 bridgehead atoms. The lowest BCUT2D eigenvalue weighted by Crippen LogP contribution is -2.34. The first kappa shape index (κ1) is 13.8. The highest BCUT2D eigenvalue weighted by Crippen LogP contribution is 2.41. The molecule has 0 radical (unpaired) electrons. The number of hydrogen-bond donors (Lipinski definition) is 0. The fourth-order valence-electron chi connectivity index (χ4n) is 2.53. The Kier molecular flexibility index (Phi) is 3.68. The maximum atomic E-state index is 12.0. The molecular formula is C12H15F3N2O3. The minimum absolute atomic E-state index is 0.146. The van der Waals surface area contributed by atoms with Crippen molar-refractivity contribution >= 4 is 0 Å². The van der Waals surface area contributed by atoms with Crippen molar-refractivity contribution < 1.29 is 27.1 Å². The zero-order chi connectivity index (χ0) is 14.2. The van der Waals surface area contributed by atoms with Crippen molar-refractivity contribution in [2.45, 2.75) is 56.6 Å². The summed E-state index contributed by atoms with van der Waals surface area (Å²) in [6.45, 7) is 0.674. The highest BCUT2D eigenvalue weighted by molar-refractivity contribution is 5.01. The first-order chi connectivity index (χ1) is 9.51. The van der Waals surface area contributed by atoms with Crippen LogP contribution in [0.1, 0.15) is 55.9 Å². The Balaban J connectivity index is 1.53. The third-order valence-corrected chi connectivity index (χ3v) is 3.66. The van der Waals surface area contributed by atoms with Gasteiger partial charge in [0.15, 0.2) is 0 Å². The monoisotopic (exact) mass is 292 g/mol. The van der Waals surface area contributed by atoms with E-state index in [0.29, 0.717) is 18.4 Å². The molecule has 1 aromatic rings. The van der Waals surface area contributed by atoms with Gasteiger partial charge in [0, 0.05) is 12.5 Å². The zero-order valence-corrected chi connectivity index (χ0v) is 10.7. The molecule has 0 spiro atoms. The third-order valence-electron chi connectivity index (χ3n) is 3.66. The molecule has 112 valence electrons. The predicted octanol–water partition coefficient (Wildman–Crippen LogP) is 3.09. The maximum absolute atomic E-state index is 12.0. The quantitative estimate of drug-likeness (QED) is 0.856. The van der Waals surface area contributed by atoms with E-state index in [0.717, 1.165) is 19.3 Å². The van der Waals surface area contributed by atoms with Gasteiger partial charge >= 0.3 is 6.36 Å². The Labute approximate surface area is 113 Å². The molecule has 20 heavy (non-hydrogen) atoms. The van der Waals surface area contributed by atoms with Gasteiger partial charge in [-0.05, 0) is 32.1 Å². The molecule has 1 saturated heterocycles. The molecular weight excluding hydrogens is 277 g/mol. The van der Waals surface area contributed by atoms with Crippen LogP contribution in [-0.4, -0.2) is 29.3 Å². The van der Waals surface area contributed by atoms with Gasteiger partial charge < -0.3 is 9.15 Å². The van der Waals surface area contributed by atoms with Crippen LogP contribution in [0.5, 0.6) is 0 Å². The number of hydrogen-bond acceptors (Lipinski definition) is 5. The fraction of sp³-hybridized carbons (Fsp3) is 0.833. The summed E-state index contributed by atoms with van der Waals surface area (Å²) in [6.07, 6.45) is -2.13. The average molecular weight is 292 g/mol. The van der Waals surface area contributed by atoms with Crippen molar-refractivity contribution in [2.75, 3.05) is 6.61 Å². The summed E-state index contributed by atoms with van der Waals surface area (Å²) in [5, 5.41) is 7.85. The Morgan fingerprint density at radius 2 is 1.85 bits per heavy atom. The molecule has 1 aliphatic carbocycles. The van der Waals surface area contributed by atoms with Crippen LogP contribution < -0.4 is 0 Å². The highest BCUT2D eigenvalue weighted by atomic mass is 19.4. The maximum Gasteiger partial charge on any atom is 0.522 e. The molecule has 3 rings (SSSR count). The van der Waals surface area contributed by atoms with Crippen molar-refractivity contribution in [1.82, 2.24) is 10.2 Å². The van der Waals surface area contributed by atoms with Crippen molar-refractivity contribution in [2.24, 2.45) is 0 Å². The van der Waals surface area contributed by atoms with E-state index in [-0.39, 0.29) is 24.9 Å². The summed E-state index contributed by atoms with van der Waals surface area (Å²) in [5.41, 5.74) is 0. The van der Waals surface area contributed by atoms with Crippen LogP contribution in [0.2, 0.25) is 0 Å². The summed E-state index contributed by atoms with van der Waals surface area (Å²) in [7, 11) is 0. The fourth-order valence-corrected chi connectivity index (χ4v) is 2.53. The van der Waals surface area contributed by atoms with E-state index in [1.54, 1.807) is 0 Å². The lowest BCUT2D eigenvalue weighted by atomic mass is 9.82. The molecule has 8 heteroatoms. The highest BCUT2D eigenvalue weighted by Gasteiger charge is 2.42. The van der Waals surface area contributed by atoms with E-state index in [2.05, 4.69) is 14.9 Å². The molecule has 0 aromatic carbocycles. The van der Waals surface area contributed by atoms with Gasteiger partial charge in [0.05, 0.1) is 6.10 Å². The molecule has 1 saturated carbocycles. The van der Waals surface area contributed by atoms with Gasteiger partial charge in [-0.2, -0.15) is 0 Å². The van der Waals surface area contributed by atoms with E-state index >= 15 is 0 Å². The summed E-state index contributed by atoms with van der Waals surface area (Å²) >= 11 is 0. The molecule has 5 nitrogen and oxygen atoms in total. The largest absolute Gasteiger partial charge is 0.522 e. The SMILES string of the molecule is FC(F)(F)O[C@H]1C[C@@H](c2nnc(C3CCCCO3)o2)C1.